The minimum atomic E-state index is -3.05. The summed E-state index contributed by atoms with van der Waals surface area (Å²) in [7, 11) is 0. The van der Waals surface area contributed by atoms with Gasteiger partial charge >= 0.3 is 6.61 Å². The number of carbonyl (C=O) groups is 3. The fourth-order valence-corrected chi connectivity index (χ4v) is 3.70. The van der Waals surface area contributed by atoms with Crippen LogP contribution >= 0.6 is 11.6 Å². The highest BCUT2D eigenvalue weighted by atomic mass is 35.5. The number of nitrogens with zero attached hydrogens (tertiary/aromatic N) is 1. The van der Waals surface area contributed by atoms with Crippen LogP contribution in [0.2, 0.25) is 5.02 Å². The number of hydrogen-bond donors (Lipinski definition) is 2. The molecule has 2 aromatic carbocycles. The Hall–Kier alpha value is -3.20. The average Bonchev–Trinajstić information content (AvgIpc) is 2.73. The van der Waals surface area contributed by atoms with Crippen LogP contribution in [-0.2, 0) is 4.79 Å². The molecule has 3 amide bonds. The summed E-state index contributed by atoms with van der Waals surface area (Å²) in [4.78, 5) is 38.3. The van der Waals surface area contributed by atoms with E-state index in [9.17, 15) is 23.2 Å². The van der Waals surface area contributed by atoms with Gasteiger partial charge in [0.1, 0.15) is 5.75 Å². The molecule has 0 bridgehead atoms. The smallest absolute Gasteiger partial charge is 0.387 e. The van der Waals surface area contributed by atoms with Crippen molar-refractivity contribution in [1.29, 1.82) is 0 Å². The molecule has 10 heteroatoms. The predicted octanol–water partition coefficient (Wildman–Crippen LogP) is 3.53. The van der Waals surface area contributed by atoms with Crippen LogP contribution in [0.25, 0.3) is 0 Å². The molecule has 0 aliphatic carbocycles. The summed E-state index contributed by atoms with van der Waals surface area (Å²) in [5.41, 5.74) is 5.75. The number of ether oxygens (including phenoxy) is 1. The highest BCUT2D eigenvalue weighted by molar-refractivity contribution is 6.34. The van der Waals surface area contributed by atoms with E-state index < -0.39 is 24.3 Å². The van der Waals surface area contributed by atoms with Crippen LogP contribution in [0.4, 0.5) is 14.5 Å². The second kappa shape index (κ2) is 9.74. The number of carbonyl (C=O) groups excluding carboxylic acids is 3. The Balaban J connectivity index is 1.69. The molecule has 1 fully saturated rings. The summed E-state index contributed by atoms with van der Waals surface area (Å²) < 4.78 is 29.7. The molecular weight excluding hydrogens is 432 g/mol. The van der Waals surface area contributed by atoms with E-state index >= 15 is 0 Å². The van der Waals surface area contributed by atoms with Crippen LogP contribution in [0.5, 0.6) is 5.75 Å². The molecule has 1 atom stereocenters. The van der Waals surface area contributed by atoms with Crippen LogP contribution in [0, 0.1) is 5.92 Å². The molecule has 31 heavy (non-hydrogen) atoms. The maximum Gasteiger partial charge on any atom is 0.387 e. The average molecular weight is 452 g/mol. The van der Waals surface area contributed by atoms with Gasteiger partial charge in [-0.1, -0.05) is 23.7 Å². The molecule has 1 unspecified atom stereocenters. The molecule has 0 spiro atoms. The van der Waals surface area contributed by atoms with Crippen molar-refractivity contribution < 1.29 is 27.9 Å². The molecule has 3 N–H and O–H groups in total. The van der Waals surface area contributed by atoms with Gasteiger partial charge in [-0.15, -0.1) is 0 Å². The number of anilines is 1. The lowest BCUT2D eigenvalue weighted by Gasteiger charge is -2.32. The van der Waals surface area contributed by atoms with Crippen molar-refractivity contribution >= 4 is 35.0 Å². The predicted molar refractivity (Wildman–Crippen MR) is 110 cm³/mol. The van der Waals surface area contributed by atoms with E-state index in [2.05, 4.69) is 10.1 Å². The maximum atomic E-state index is 12.9. The molecule has 1 heterocycles. The van der Waals surface area contributed by atoms with Crippen molar-refractivity contribution in [2.24, 2.45) is 11.7 Å². The first kappa shape index (κ1) is 22.5. The van der Waals surface area contributed by atoms with Crippen molar-refractivity contribution in [1.82, 2.24) is 4.90 Å². The highest BCUT2D eigenvalue weighted by Crippen LogP contribution is 2.26. The van der Waals surface area contributed by atoms with Gasteiger partial charge in [0.15, 0.2) is 0 Å². The number of rotatable bonds is 6. The lowest BCUT2D eigenvalue weighted by molar-refractivity contribution is -0.121. The van der Waals surface area contributed by atoms with Crippen molar-refractivity contribution in [3.63, 3.8) is 0 Å². The molecular formula is C21H20ClF2N3O4. The topological polar surface area (TPSA) is 102 Å². The molecule has 2 aromatic rings. The van der Waals surface area contributed by atoms with Crippen LogP contribution in [0.3, 0.4) is 0 Å². The Labute approximate surface area is 182 Å². The van der Waals surface area contributed by atoms with Crippen molar-refractivity contribution in [3.05, 3.63) is 58.6 Å². The Morgan fingerprint density at radius 3 is 2.58 bits per heavy atom. The lowest BCUT2D eigenvalue weighted by atomic mass is 9.96. The molecule has 0 aromatic heterocycles. The first-order valence-corrected chi connectivity index (χ1v) is 9.87. The van der Waals surface area contributed by atoms with Gasteiger partial charge in [0.25, 0.3) is 5.91 Å². The number of alkyl halides is 2. The molecule has 3 rings (SSSR count). The van der Waals surface area contributed by atoms with E-state index in [1.165, 1.54) is 41.3 Å². The Kier molecular flexibility index (Phi) is 7.06. The number of piperidine rings is 1. The summed E-state index contributed by atoms with van der Waals surface area (Å²) in [6.07, 6.45) is 1.13. The summed E-state index contributed by atoms with van der Waals surface area (Å²) in [6.45, 7) is -2.53. The molecule has 1 aliphatic rings. The first-order chi connectivity index (χ1) is 14.8. The van der Waals surface area contributed by atoms with Gasteiger partial charge in [-0.05, 0) is 43.2 Å². The summed E-state index contributed by atoms with van der Waals surface area (Å²) in [6, 6.07) is 10.1. The number of benzene rings is 2. The zero-order valence-corrected chi connectivity index (χ0v) is 17.1. The number of primary amides is 1. The van der Waals surface area contributed by atoms with Crippen molar-refractivity contribution in [3.8, 4) is 5.75 Å². The van der Waals surface area contributed by atoms with Gasteiger partial charge in [-0.2, -0.15) is 8.78 Å². The third-order valence-electron chi connectivity index (χ3n) is 4.91. The second-order valence-electron chi connectivity index (χ2n) is 7.01. The number of nitrogens with one attached hydrogen (secondary N) is 1. The first-order valence-electron chi connectivity index (χ1n) is 9.49. The van der Waals surface area contributed by atoms with E-state index in [0.717, 1.165) is 0 Å². The molecule has 7 nitrogen and oxygen atoms in total. The normalized spacial score (nSPS) is 16.1. The largest absolute Gasteiger partial charge is 0.434 e. The van der Waals surface area contributed by atoms with Gasteiger partial charge < -0.3 is 20.7 Å². The fourth-order valence-electron chi connectivity index (χ4n) is 3.43. The third-order valence-corrected chi connectivity index (χ3v) is 5.23. The van der Waals surface area contributed by atoms with Gasteiger partial charge in [0.05, 0.1) is 22.1 Å². The van der Waals surface area contributed by atoms with Gasteiger partial charge in [-0.25, -0.2) is 0 Å². The number of halogens is 3. The summed E-state index contributed by atoms with van der Waals surface area (Å²) >= 11 is 6.01. The molecule has 164 valence electrons. The Morgan fingerprint density at radius 1 is 1.16 bits per heavy atom. The minimum Gasteiger partial charge on any atom is -0.434 e. The van der Waals surface area contributed by atoms with Gasteiger partial charge in [0.2, 0.25) is 11.8 Å². The summed E-state index contributed by atoms with van der Waals surface area (Å²) in [5.74, 6) is -2.20. The lowest BCUT2D eigenvalue weighted by Crippen LogP contribution is -2.43. The highest BCUT2D eigenvalue weighted by Gasteiger charge is 2.30. The van der Waals surface area contributed by atoms with Crippen LogP contribution in [0.15, 0.2) is 42.5 Å². The van der Waals surface area contributed by atoms with Crippen LogP contribution in [-0.4, -0.2) is 42.3 Å². The van der Waals surface area contributed by atoms with E-state index in [-0.39, 0.29) is 34.4 Å². The van der Waals surface area contributed by atoms with Crippen LogP contribution in [0.1, 0.15) is 33.6 Å². The molecule has 1 aliphatic heterocycles. The van der Waals surface area contributed by atoms with E-state index in [0.29, 0.717) is 25.1 Å². The number of likely N-dealkylation sites (tertiary alicyclic amines) is 1. The number of nitrogens with two attached hydrogens (primary N) is 1. The summed E-state index contributed by atoms with van der Waals surface area (Å²) in [5, 5.41) is 2.83. The zero-order chi connectivity index (χ0) is 22.5. The number of hydrogen-bond acceptors (Lipinski definition) is 4. The third kappa shape index (κ3) is 5.49. The second-order valence-corrected chi connectivity index (χ2v) is 7.42. The monoisotopic (exact) mass is 451 g/mol. The van der Waals surface area contributed by atoms with E-state index in [1.807, 2.05) is 0 Å². The van der Waals surface area contributed by atoms with E-state index in [1.54, 1.807) is 6.07 Å². The van der Waals surface area contributed by atoms with Gasteiger partial charge in [0, 0.05) is 18.8 Å². The standard InChI is InChI=1S/C21H20ClF2N3O4/c22-16-10-13(7-8-14(16)18(25)28)26-19(29)12-4-3-9-27(11-12)20(30)15-5-1-2-6-17(15)31-21(23)24/h1-2,5-8,10,12,21H,3-4,9,11H2,(H2,25,28)(H,26,29). The molecule has 0 saturated carbocycles. The van der Waals surface area contributed by atoms with Gasteiger partial charge in [-0.3, -0.25) is 14.4 Å². The quantitative estimate of drug-likeness (QED) is 0.701. The van der Waals surface area contributed by atoms with Crippen molar-refractivity contribution in [2.75, 3.05) is 18.4 Å². The Bertz CT molecular complexity index is 1000. The van der Waals surface area contributed by atoms with Crippen LogP contribution < -0.4 is 15.8 Å². The molecule has 0 radical (unpaired) electrons. The van der Waals surface area contributed by atoms with E-state index in [4.69, 9.17) is 17.3 Å². The van der Waals surface area contributed by atoms with Crippen molar-refractivity contribution in [2.45, 2.75) is 19.5 Å². The SMILES string of the molecule is NC(=O)c1ccc(NC(=O)C2CCCN(C(=O)c3ccccc3OC(F)F)C2)cc1Cl. The maximum absolute atomic E-state index is 12.9. The fraction of sp³-hybridized carbons (Fsp3) is 0.286. The molecule has 1 saturated heterocycles. The minimum absolute atomic E-state index is 0.0117. The zero-order valence-electron chi connectivity index (χ0n) is 16.3. The Morgan fingerprint density at radius 2 is 1.90 bits per heavy atom. The number of para-hydroxylation sites is 1. The number of amides is 3.